The number of carboxylic acid groups (broad SMARTS) is 1. The molecule has 0 aliphatic heterocycles. The molecule has 0 bridgehead atoms. The molecule has 6 nitrogen and oxygen atoms in total. The van der Waals surface area contributed by atoms with E-state index in [0.29, 0.717) is 22.6 Å². The van der Waals surface area contributed by atoms with Gasteiger partial charge in [-0.3, -0.25) is 0 Å². The van der Waals surface area contributed by atoms with Crippen LogP contribution in [0.5, 0.6) is 0 Å². The summed E-state index contributed by atoms with van der Waals surface area (Å²) in [7, 11) is 0. The van der Waals surface area contributed by atoms with E-state index in [2.05, 4.69) is 26.1 Å². The van der Waals surface area contributed by atoms with Crippen LogP contribution in [0.4, 0.5) is 0 Å². The summed E-state index contributed by atoms with van der Waals surface area (Å²) in [4.78, 5) is 11.6. The first-order valence-electron chi connectivity index (χ1n) is 5.66. The standard InChI is InChI=1S/C12H7BrN2O4S2/c13-8-3-2-7(21-8)11-15-14-9(19-11)5-20-10-4-1-6(18-10)12(16)17/h1-4H,5H2,(H,16,17). The molecule has 3 aromatic rings. The van der Waals surface area contributed by atoms with Gasteiger partial charge in [-0.2, -0.15) is 0 Å². The van der Waals surface area contributed by atoms with Gasteiger partial charge < -0.3 is 13.9 Å². The number of hydrogen-bond donors (Lipinski definition) is 1. The molecule has 1 N–H and O–H groups in total. The molecule has 108 valence electrons. The van der Waals surface area contributed by atoms with Gasteiger partial charge in [0, 0.05) is 0 Å². The van der Waals surface area contributed by atoms with Crippen LogP contribution in [0, 0.1) is 0 Å². The Morgan fingerprint density at radius 3 is 2.81 bits per heavy atom. The van der Waals surface area contributed by atoms with E-state index < -0.39 is 5.97 Å². The molecule has 3 aromatic heterocycles. The first-order valence-corrected chi connectivity index (χ1v) is 8.25. The van der Waals surface area contributed by atoms with Crippen molar-refractivity contribution in [3.8, 4) is 10.8 Å². The van der Waals surface area contributed by atoms with Crippen LogP contribution in [0.25, 0.3) is 10.8 Å². The molecule has 3 heterocycles. The lowest BCUT2D eigenvalue weighted by atomic mass is 10.5. The van der Waals surface area contributed by atoms with Crippen LogP contribution in [-0.4, -0.2) is 21.3 Å². The van der Waals surface area contributed by atoms with Crippen LogP contribution in [-0.2, 0) is 5.75 Å². The molecule has 0 unspecified atom stereocenters. The molecule has 0 fully saturated rings. The zero-order valence-electron chi connectivity index (χ0n) is 10.3. The van der Waals surface area contributed by atoms with E-state index in [9.17, 15) is 4.79 Å². The van der Waals surface area contributed by atoms with Crippen LogP contribution in [0.15, 0.2) is 42.0 Å². The number of carboxylic acids is 1. The molecular formula is C12H7BrN2O4S2. The fourth-order valence-corrected chi connectivity index (χ4v) is 3.49. The predicted molar refractivity (Wildman–Crippen MR) is 80.5 cm³/mol. The Labute approximate surface area is 135 Å². The van der Waals surface area contributed by atoms with Crippen molar-refractivity contribution in [2.45, 2.75) is 10.8 Å². The van der Waals surface area contributed by atoms with Crippen LogP contribution in [0.2, 0.25) is 0 Å². The summed E-state index contributed by atoms with van der Waals surface area (Å²) in [5.41, 5.74) is 0. The number of nitrogens with zero attached hydrogens (tertiary/aromatic N) is 2. The van der Waals surface area contributed by atoms with Crippen molar-refractivity contribution in [1.82, 2.24) is 10.2 Å². The molecule has 21 heavy (non-hydrogen) atoms. The first-order chi connectivity index (χ1) is 10.1. The second-order valence-corrected chi connectivity index (χ2v) is 7.26. The third-order valence-corrected chi connectivity index (χ3v) is 4.89. The number of furan rings is 1. The summed E-state index contributed by atoms with van der Waals surface area (Å²) >= 11 is 6.17. The highest BCUT2D eigenvalue weighted by Gasteiger charge is 2.13. The minimum Gasteiger partial charge on any atom is -0.475 e. The second-order valence-electron chi connectivity index (χ2n) is 3.82. The van der Waals surface area contributed by atoms with Gasteiger partial charge in [0.2, 0.25) is 11.7 Å². The quantitative estimate of drug-likeness (QED) is 0.658. The number of aromatic nitrogens is 2. The number of hydrogen-bond acceptors (Lipinski definition) is 7. The van der Waals surface area contributed by atoms with Gasteiger partial charge in [-0.1, -0.05) is 11.8 Å². The van der Waals surface area contributed by atoms with Crippen molar-refractivity contribution in [1.29, 1.82) is 0 Å². The molecule has 0 aromatic carbocycles. The third-order valence-electron chi connectivity index (χ3n) is 2.38. The highest BCUT2D eigenvalue weighted by molar-refractivity contribution is 9.11. The first kappa shape index (κ1) is 14.4. The zero-order valence-corrected chi connectivity index (χ0v) is 13.5. The smallest absolute Gasteiger partial charge is 0.371 e. The lowest BCUT2D eigenvalue weighted by Crippen LogP contribution is -1.91. The summed E-state index contributed by atoms with van der Waals surface area (Å²) in [6, 6.07) is 6.81. The number of thiophene rings is 1. The minimum absolute atomic E-state index is 0.0906. The van der Waals surface area contributed by atoms with Crippen molar-refractivity contribution in [3.63, 3.8) is 0 Å². The molecule has 0 aliphatic rings. The Morgan fingerprint density at radius 1 is 1.29 bits per heavy atom. The summed E-state index contributed by atoms with van der Waals surface area (Å²) in [5, 5.41) is 17.2. The molecule has 0 saturated heterocycles. The molecule has 0 spiro atoms. The van der Waals surface area contributed by atoms with Crippen molar-refractivity contribution in [2.24, 2.45) is 0 Å². The minimum atomic E-state index is -1.09. The maximum atomic E-state index is 10.7. The van der Waals surface area contributed by atoms with E-state index in [1.165, 1.54) is 29.2 Å². The topological polar surface area (TPSA) is 89.4 Å². The Balaban J connectivity index is 1.65. The van der Waals surface area contributed by atoms with Gasteiger partial charge in [0.05, 0.1) is 14.4 Å². The van der Waals surface area contributed by atoms with E-state index in [0.717, 1.165) is 8.66 Å². The Bertz CT molecular complexity index is 780. The molecule has 3 rings (SSSR count). The zero-order chi connectivity index (χ0) is 14.8. The number of carbonyl (C=O) groups is 1. The van der Waals surface area contributed by atoms with Crippen LogP contribution < -0.4 is 0 Å². The van der Waals surface area contributed by atoms with Gasteiger partial charge in [-0.25, -0.2) is 4.79 Å². The van der Waals surface area contributed by atoms with E-state index >= 15 is 0 Å². The van der Waals surface area contributed by atoms with Gasteiger partial charge in [-0.15, -0.1) is 21.5 Å². The number of halogens is 1. The van der Waals surface area contributed by atoms with E-state index in [4.69, 9.17) is 13.9 Å². The van der Waals surface area contributed by atoms with Gasteiger partial charge >= 0.3 is 5.97 Å². The molecule has 0 aliphatic carbocycles. The monoisotopic (exact) mass is 386 g/mol. The maximum absolute atomic E-state index is 10.7. The fourth-order valence-electron chi connectivity index (χ4n) is 1.49. The largest absolute Gasteiger partial charge is 0.475 e. The average Bonchev–Trinajstić information content (AvgIpc) is 3.16. The summed E-state index contributed by atoms with van der Waals surface area (Å²) in [6.07, 6.45) is 0. The summed E-state index contributed by atoms with van der Waals surface area (Å²) in [5.74, 6) is 0.142. The average molecular weight is 387 g/mol. The molecule has 9 heteroatoms. The lowest BCUT2D eigenvalue weighted by molar-refractivity contribution is 0.0656. The Morgan fingerprint density at radius 2 is 2.14 bits per heavy atom. The van der Waals surface area contributed by atoms with E-state index in [-0.39, 0.29) is 5.76 Å². The Kier molecular flexibility index (Phi) is 4.13. The highest BCUT2D eigenvalue weighted by Crippen LogP contribution is 2.31. The normalized spacial score (nSPS) is 10.9. The third kappa shape index (κ3) is 3.36. The molecule has 0 atom stereocenters. The fraction of sp³-hybridized carbons (Fsp3) is 0.0833. The van der Waals surface area contributed by atoms with E-state index in [1.807, 2.05) is 12.1 Å². The molecule has 0 amide bonds. The highest BCUT2D eigenvalue weighted by atomic mass is 79.9. The van der Waals surface area contributed by atoms with Gasteiger partial charge in [0.25, 0.3) is 5.89 Å². The van der Waals surface area contributed by atoms with Crippen molar-refractivity contribution < 1.29 is 18.7 Å². The maximum Gasteiger partial charge on any atom is 0.371 e. The summed E-state index contributed by atoms with van der Waals surface area (Å²) < 4.78 is 11.7. The van der Waals surface area contributed by atoms with Crippen molar-refractivity contribution >= 4 is 45.0 Å². The van der Waals surface area contributed by atoms with Gasteiger partial charge in [0.1, 0.15) is 0 Å². The van der Waals surface area contributed by atoms with Crippen LogP contribution >= 0.6 is 39.0 Å². The number of thioether (sulfide) groups is 1. The molecular weight excluding hydrogens is 380 g/mol. The van der Waals surface area contributed by atoms with Crippen LogP contribution in [0.1, 0.15) is 16.4 Å². The lowest BCUT2D eigenvalue weighted by Gasteiger charge is -1.92. The molecule has 0 radical (unpaired) electrons. The predicted octanol–water partition coefficient (Wildman–Crippen LogP) is 4.14. The second kappa shape index (κ2) is 6.04. The van der Waals surface area contributed by atoms with Crippen molar-refractivity contribution in [2.75, 3.05) is 0 Å². The SMILES string of the molecule is O=C(O)c1ccc(SCc2nnc(-c3ccc(Br)s3)o2)o1. The van der Waals surface area contributed by atoms with Crippen LogP contribution in [0.3, 0.4) is 0 Å². The van der Waals surface area contributed by atoms with E-state index in [1.54, 1.807) is 6.07 Å². The number of aromatic carboxylic acids is 1. The molecule has 0 saturated carbocycles. The van der Waals surface area contributed by atoms with Gasteiger partial charge in [-0.05, 0) is 40.2 Å². The van der Waals surface area contributed by atoms with Crippen molar-refractivity contribution in [3.05, 3.63) is 39.7 Å². The number of rotatable bonds is 5. The van der Waals surface area contributed by atoms with Gasteiger partial charge in [0.15, 0.2) is 5.09 Å². The summed E-state index contributed by atoms with van der Waals surface area (Å²) in [6.45, 7) is 0. The Hall–Kier alpha value is -1.58.